The van der Waals surface area contributed by atoms with Crippen LogP contribution in [0.4, 0.5) is 0 Å². The summed E-state index contributed by atoms with van der Waals surface area (Å²) in [6.45, 7) is 8.83. The van der Waals surface area contributed by atoms with Crippen molar-refractivity contribution in [2.24, 2.45) is 0 Å². The van der Waals surface area contributed by atoms with Crippen LogP contribution in [0.25, 0.3) is 10.8 Å². The molecule has 1 aliphatic heterocycles. The average Bonchev–Trinajstić information content (AvgIpc) is 3.03. The summed E-state index contributed by atoms with van der Waals surface area (Å²) in [5.41, 5.74) is 2.51. The van der Waals surface area contributed by atoms with Gasteiger partial charge in [0.15, 0.2) is 0 Å². The second kappa shape index (κ2) is 9.85. The number of carbonyl (C=O) groups excluding carboxylic acids is 1. The molecule has 3 heterocycles. The van der Waals surface area contributed by atoms with Gasteiger partial charge < -0.3 is 14.6 Å². The van der Waals surface area contributed by atoms with Gasteiger partial charge in [0.05, 0.1) is 24.8 Å². The van der Waals surface area contributed by atoms with Crippen LogP contribution >= 0.6 is 11.6 Å². The Labute approximate surface area is 191 Å². The number of hydrogen-bond donors (Lipinski definition) is 1. The van der Waals surface area contributed by atoms with Crippen LogP contribution in [-0.4, -0.2) is 64.5 Å². The van der Waals surface area contributed by atoms with E-state index >= 15 is 0 Å². The number of benzene rings is 1. The smallest absolute Gasteiger partial charge is 0.276 e. The van der Waals surface area contributed by atoms with Crippen LogP contribution in [0.5, 0.6) is 0 Å². The number of nitrogens with zero attached hydrogens (tertiary/aromatic N) is 4. The highest BCUT2D eigenvalue weighted by atomic mass is 35.5. The highest BCUT2D eigenvalue weighted by Gasteiger charge is 2.18. The second-order valence-electron chi connectivity index (χ2n) is 8.05. The van der Waals surface area contributed by atoms with Crippen LogP contribution in [0.15, 0.2) is 35.3 Å². The number of aromatic nitrogens is 3. The number of ether oxygens (including phenoxy) is 1. The summed E-state index contributed by atoms with van der Waals surface area (Å²) in [7, 11) is 0. The van der Waals surface area contributed by atoms with Gasteiger partial charge in [-0.15, -0.1) is 0 Å². The van der Waals surface area contributed by atoms with E-state index in [9.17, 15) is 9.59 Å². The van der Waals surface area contributed by atoms with Crippen molar-refractivity contribution < 1.29 is 9.53 Å². The quantitative estimate of drug-likeness (QED) is 0.586. The maximum Gasteiger partial charge on any atom is 0.276 e. The molecule has 3 aromatic rings. The third kappa shape index (κ3) is 4.72. The first kappa shape index (κ1) is 22.5. The number of nitrogens with one attached hydrogen (secondary N) is 1. The minimum absolute atomic E-state index is 0.105. The van der Waals surface area contributed by atoms with Gasteiger partial charge in [0.25, 0.3) is 5.56 Å². The number of rotatable bonds is 7. The molecule has 1 fully saturated rings. The maximum atomic E-state index is 13.1. The number of hydrogen-bond acceptors (Lipinski definition) is 5. The molecule has 0 bridgehead atoms. The van der Waals surface area contributed by atoms with Gasteiger partial charge in [-0.25, -0.2) is 4.68 Å². The fourth-order valence-electron chi connectivity index (χ4n) is 4.16. The van der Waals surface area contributed by atoms with Gasteiger partial charge in [0, 0.05) is 54.5 Å². The first-order valence-corrected chi connectivity index (χ1v) is 11.2. The lowest BCUT2D eigenvalue weighted by molar-refractivity contribution is -0.122. The van der Waals surface area contributed by atoms with Crippen molar-refractivity contribution in [1.82, 2.24) is 24.6 Å². The van der Waals surface area contributed by atoms with Crippen molar-refractivity contribution in [3.63, 3.8) is 0 Å². The summed E-state index contributed by atoms with van der Waals surface area (Å²) in [6, 6.07) is 7.67. The van der Waals surface area contributed by atoms with E-state index in [1.165, 1.54) is 4.68 Å². The Bertz CT molecular complexity index is 1180. The van der Waals surface area contributed by atoms with E-state index < -0.39 is 0 Å². The highest BCUT2D eigenvalue weighted by molar-refractivity contribution is 6.31. The summed E-state index contributed by atoms with van der Waals surface area (Å²) in [6.07, 6.45) is 1.67. The predicted octanol–water partition coefficient (Wildman–Crippen LogP) is 1.96. The van der Waals surface area contributed by atoms with Crippen LogP contribution in [0.1, 0.15) is 17.0 Å². The molecule has 2 aromatic heterocycles. The van der Waals surface area contributed by atoms with E-state index in [1.54, 1.807) is 6.20 Å². The number of aryl methyl sites for hydroxylation is 2. The molecule has 32 heavy (non-hydrogen) atoms. The van der Waals surface area contributed by atoms with Gasteiger partial charge in [-0.3, -0.25) is 14.5 Å². The first-order valence-electron chi connectivity index (χ1n) is 10.8. The molecule has 170 valence electrons. The van der Waals surface area contributed by atoms with Gasteiger partial charge in [-0.1, -0.05) is 29.8 Å². The van der Waals surface area contributed by atoms with Crippen LogP contribution in [-0.2, 0) is 22.6 Å². The standard InChI is InChI=1S/C23H28ClN5O3/c1-16-19-13-26-29(15-21(30)25-7-8-27-9-11-32-12-10-27)23(31)22(19)17(2)28(16)14-18-5-3-4-6-20(18)24/h3-6,13H,7-12,14-15H2,1-2H3,(H,25,30). The summed E-state index contributed by atoms with van der Waals surface area (Å²) in [4.78, 5) is 27.8. The fourth-order valence-corrected chi connectivity index (χ4v) is 4.36. The SMILES string of the molecule is Cc1c2cnn(CC(=O)NCCN3CCOCC3)c(=O)c2c(C)n1Cc1ccccc1Cl. The first-order chi connectivity index (χ1) is 15.5. The fraction of sp³-hybridized carbons (Fsp3) is 0.435. The van der Waals surface area contributed by atoms with E-state index in [0.717, 1.165) is 55.2 Å². The molecule has 1 aromatic carbocycles. The Morgan fingerprint density at radius 3 is 2.69 bits per heavy atom. The molecule has 0 unspecified atom stereocenters. The molecule has 9 heteroatoms. The topological polar surface area (TPSA) is 81.4 Å². The van der Waals surface area contributed by atoms with E-state index in [-0.39, 0.29) is 18.0 Å². The molecule has 0 radical (unpaired) electrons. The lowest BCUT2D eigenvalue weighted by Crippen LogP contribution is -2.42. The van der Waals surface area contributed by atoms with Crippen molar-refractivity contribution in [2.75, 3.05) is 39.4 Å². The Kier molecular flexibility index (Phi) is 6.93. The van der Waals surface area contributed by atoms with Crippen molar-refractivity contribution in [1.29, 1.82) is 0 Å². The third-order valence-corrected chi connectivity index (χ3v) is 6.41. The molecule has 0 spiro atoms. The number of amides is 1. The number of morpholine rings is 1. The third-order valence-electron chi connectivity index (χ3n) is 6.04. The molecule has 1 amide bonds. The van der Waals surface area contributed by atoms with Gasteiger partial charge in [0.1, 0.15) is 6.54 Å². The van der Waals surface area contributed by atoms with Crippen LogP contribution in [0, 0.1) is 13.8 Å². The van der Waals surface area contributed by atoms with Crippen molar-refractivity contribution in [3.05, 3.63) is 62.8 Å². The van der Waals surface area contributed by atoms with Crippen molar-refractivity contribution in [3.8, 4) is 0 Å². The van der Waals surface area contributed by atoms with Gasteiger partial charge in [-0.2, -0.15) is 5.10 Å². The summed E-state index contributed by atoms with van der Waals surface area (Å²) < 4.78 is 8.64. The van der Waals surface area contributed by atoms with Crippen molar-refractivity contribution in [2.45, 2.75) is 26.9 Å². The number of halogens is 1. The van der Waals surface area contributed by atoms with Gasteiger partial charge >= 0.3 is 0 Å². The lowest BCUT2D eigenvalue weighted by atomic mass is 10.2. The van der Waals surface area contributed by atoms with Crippen LogP contribution < -0.4 is 10.9 Å². The molecule has 8 nitrogen and oxygen atoms in total. The Morgan fingerprint density at radius 2 is 1.94 bits per heavy atom. The molecule has 0 aliphatic carbocycles. The lowest BCUT2D eigenvalue weighted by Gasteiger charge is -2.26. The molecule has 4 rings (SSSR count). The molecule has 0 atom stereocenters. The molecule has 1 saturated heterocycles. The van der Waals surface area contributed by atoms with E-state index in [4.69, 9.17) is 16.3 Å². The van der Waals surface area contributed by atoms with Crippen LogP contribution in [0.2, 0.25) is 5.02 Å². The van der Waals surface area contributed by atoms with Crippen molar-refractivity contribution >= 4 is 28.3 Å². The van der Waals surface area contributed by atoms with Gasteiger partial charge in [-0.05, 0) is 25.5 Å². The zero-order valence-corrected chi connectivity index (χ0v) is 19.2. The molecular formula is C23H28ClN5O3. The average molecular weight is 458 g/mol. The minimum atomic E-state index is -0.260. The highest BCUT2D eigenvalue weighted by Crippen LogP contribution is 2.25. The molecular weight excluding hydrogens is 430 g/mol. The summed E-state index contributed by atoms with van der Waals surface area (Å²) >= 11 is 6.34. The number of fused-ring (bicyclic) bond motifs is 1. The van der Waals surface area contributed by atoms with E-state index in [1.807, 2.05) is 38.1 Å². The Balaban J connectivity index is 1.49. The summed E-state index contributed by atoms with van der Waals surface area (Å²) in [5.74, 6) is -0.225. The molecule has 1 N–H and O–H groups in total. The minimum Gasteiger partial charge on any atom is -0.379 e. The van der Waals surface area contributed by atoms with E-state index in [2.05, 4.69) is 19.9 Å². The maximum absolute atomic E-state index is 13.1. The predicted molar refractivity (Wildman–Crippen MR) is 124 cm³/mol. The Morgan fingerprint density at radius 1 is 1.19 bits per heavy atom. The Hall–Kier alpha value is -2.68. The summed E-state index contributed by atoms with van der Waals surface area (Å²) in [5, 5.41) is 9.22. The largest absolute Gasteiger partial charge is 0.379 e. The second-order valence-corrected chi connectivity index (χ2v) is 8.46. The van der Waals surface area contributed by atoms with Crippen LogP contribution in [0.3, 0.4) is 0 Å². The zero-order chi connectivity index (χ0) is 22.7. The monoisotopic (exact) mass is 457 g/mol. The number of carbonyl (C=O) groups is 1. The molecule has 0 saturated carbocycles. The normalized spacial score (nSPS) is 14.7. The van der Waals surface area contributed by atoms with E-state index in [0.29, 0.717) is 23.5 Å². The molecule has 1 aliphatic rings. The van der Waals surface area contributed by atoms with Gasteiger partial charge in [0.2, 0.25) is 5.91 Å². The zero-order valence-electron chi connectivity index (χ0n) is 18.4.